The minimum Gasteiger partial charge on any atom is -0.391 e. The van der Waals surface area contributed by atoms with E-state index in [0.29, 0.717) is 12.5 Å². The molecule has 1 fully saturated rings. The van der Waals surface area contributed by atoms with Crippen LogP contribution < -0.4 is 0 Å². The second-order valence-electron chi connectivity index (χ2n) is 5.52. The molecule has 0 aromatic carbocycles. The monoisotopic (exact) mass is 239 g/mol. The van der Waals surface area contributed by atoms with Gasteiger partial charge in [-0.15, -0.1) is 0 Å². The Morgan fingerprint density at radius 2 is 2.29 bits per heavy atom. The third-order valence-corrected chi connectivity index (χ3v) is 4.22. The molecule has 17 heavy (non-hydrogen) atoms. The number of rotatable bonds is 5. The number of nitriles is 1. The highest BCUT2D eigenvalue weighted by Crippen LogP contribution is 2.44. The molecule has 1 saturated carbocycles. The molecule has 1 N–H and O–H groups in total. The van der Waals surface area contributed by atoms with Gasteiger partial charge in [0.1, 0.15) is 0 Å². The molecule has 0 spiro atoms. The van der Waals surface area contributed by atoms with Crippen LogP contribution in [0.4, 0.5) is 0 Å². The maximum Gasteiger partial charge on any atom is 0.0838 e. The number of hydrogen-bond acceptors (Lipinski definition) is 3. The van der Waals surface area contributed by atoms with E-state index in [-0.39, 0.29) is 5.92 Å². The topological polar surface area (TPSA) is 53.2 Å². The van der Waals surface area contributed by atoms with E-state index in [1.54, 1.807) is 7.11 Å². The Labute approximate surface area is 105 Å². The van der Waals surface area contributed by atoms with E-state index >= 15 is 0 Å². The lowest BCUT2D eigenvalue weighted by Crippen LogP contribution is -2.43. The first-order valence-corrected chi connectivity index (χ1v) is 6.68. The molecule has 4 atom stereocenters. The first-order valence-electron chi connectivity index (χ1n) is 6.68. The van der Waals surface area contributed by atoms with E-state index in [9.17, 15) is 10.4 Å². The first kappa shape index (κ1) is 14.5. The summed E-state index contributed by atoms with van der Waals surface area (Å²) in [5.41, 5.74) is -0.545. The molecule has 0 saturated heterocycles. The molecule has 0 aliphatic heterocycles. The summed E-state index contributed by atoms with van der Waals surface area (Å²) in [6.45, 7) is 4.65. The zero-order chi connectivity index (χ0) is 12.9. The van der Waals surface area contributed by atoms with Gasteiger partial charge in [-0.1, -0.05) is 33.1 Å². The summed E-state index contributed by atoms with van der Waals surface area (Å²) in [6.07, 6.45) is 4.47. The van der Waals surface area contributed by atoms with Gasteiger partial charge >= 0.3 is 0 Å². The largest absolute Gasteiger partial charge is 0.391 e. The summed E-state index contributed by atoms with van der Waals surface area (Å²) in [5, 5.41) is 19.9. The summed E-state index contributed by atoms with van der Waals surface area (Å²) < 4.78 is 5.09. The van der Waals surface area contributed by atoms with E-state index in [2.05, 4.69) is 13.0 Å². The molecule has 0 radical (unpaired) electrons. The Morgan fingerprint density at radius 1 is 1.59 bits per heavy atom. The summed E-state index contributed by atoms with van der Waals surface area (Å²) in [7, 11) is 1.64. The van der Waals surface area contributed by atoms with E-state index < -0.39 is 11.5 Å². The summed E-state index contributed by atoms with van der Waals surface area (Å²) in [6, 6.07) is 2.42. The maximum absolute atomic E-state index is 10.4. The van der Waals surface area contributed by atoms with Crippen molar-refractivity contribution in [3.05, 3.63) is 0 Å². The SMILES string of the molecule is CCC1CCCC(C#N)(C(O)C(C)COC)C1. The van der Waals surface area contributed by atoms with Crippen molar-refractivity contribution in [2.75, 3.05) is 13.7 Å². The van der Waals surface area contributed by atoms with Crippen LogP contribution in [0.5, 0.6) is 0 Å². The fraction of sp³-hybridized carbons (Fsp3) is 0.929. The minimum atomic E-state index is -0.568. The van der Waals surface area contributed by atoms with Crippen molar-refractivity contribution >= 4 is 0 Å². The molecule has 1 aliphatic rings. The molecule has 0 aromatic heterocycles. The minimum absolute atomic E-state index is 0.0234. The highest BCUT2D eigenvalue weighted by molar-refractivity contribution is 5.07. The molecule has 0 bridgehead atoms. The van der Waals surface area contributed by atoms with Gasteiger partial charge in [0.25, 0.3) is 0 Å². The van der Waals surface area contributed by atoms with Gasteiger partial charge in [0, 0.05) is 13.0 Å². The average molecular weight is 239 g/mol. The average Bonchev–Trinajstić information content (AvgIpc) is 2.38. The van der Waals surface area contributed by atoms with Crippen LogP contribution in [0.15, 0.2) is 0 Å². The predicted octanol–water partition coefficient (Wildman–Crippen LogP) is 2.74. The first-order chi connectivity index (χ1) is 8.09. The predicted molar refractivity (Wildman–Crippen MR) is 67.3 cm³/mol. The summed E-state index contributed by atoms with van der Waals surface area (Å²) >= 11 is 0. The third kappa shape index (κ3) is 3.20. The second kappa shape index (κ2) is 6.37. The van der Waals surface area contributed by atoms with Gasteiger partial charge in [0.05, 0.1) is 24.2 Å². The van der Waals surface area contributed by atoms with Crippen LogP contribution >= 0.6 is 0 Å². The number of nitrogens with zero attached hydrogens (tertiary/aromatic N) is 1. The van der Waals surface area contributed by atoms with Crippen molar-refractivity contribution < 1.29 is 9.84 Å². The van der Waals surface area contributed by atoms with Gasteiger partial charge in [0.15, 0.2) is 0 Å². The lowest BCUT2D eigenvalue weighted by molar-refractivity contribution is -0.0359. The Balaban J connectivity index is 2.77. The third-order valence-electron chi connectivity index (χ3n) is 4.22. The van der Waals surface area contributed by atoms with Crippen LogP contribution in [0.1, 0.15) is 46.0 Å². The second-order valence-corrected chi connectivity index (χ2v) is 5.52. The molecule has 1 aliphatic carbocycles. The zero-order valence-electron chi connectivity index (χ0n) is 11.3. The Kier molecular flexibility index (Phi) is 5.42. The molecular weight excluding hydrogens is 214 g/mol. The molecule has 0 heterocycles. The lowest BCUT2D eigenvalue weighted by atomic mass is 9.64. The maximum atomic E-state index is 10.4. The molecule has 0 aromatic rings. The number of methoxy groups -OCH3 is 1. The van der Waals surface area contributed by atoms with Crippen molar-refractivity contribution in [2.45, 2.75) is 52.1 Å². The van der Waals surface area contributed by atoms with E-state index in [4.69, 9.17) is 4.74 Å². The normalized spacial score (nSPS) is 32.8. The zero-order valence-corrected chi connectivity index (χ0v) is 11.3. The molecular formula is C14H25NO2. The highest BCUT2D eigenvalue weighted by Gasteiger charge is 2.44. The van der Waals surface area contributed by atoms with Crippen LogP contribution in [-0.4, -0.2) is 24.9 Å². The van der Waals surface area contributed by atoms with Crippen molar-refractivity contribution in [1.29, 1.82) is 5.26 Å². The molecule has 3 heteroatoms. The Morgan fingerprint density at radius 3 is 2.82 bits per heavy atom. The lowest BCUT2D eigenvalue weighted by Gasteiger charge is -2.41. The summed E-state index contributed by atoms with van der Waals surface area (Å²) in [4.78, 5) is 0. The van der Waals surface area contributed by atoms with E-state index in [1.807, 2.05) is 6.92 Å². The number of aliphatic hydroxyl groups is 1. The van der Waals surface area contributed by atoms with Gasteiger partial charge in [0.2, 0.25) is 0 Å². The Hall–Kier alpha value is -0.590. The number of ether oxygens (including phenoxy) is 1. The molecule has 98 valence electrons. The molecule has 1 rings (SSSR count). The van der Waals surface area contributed by atoms with Crippen LogP contribution in [0.3, 0.4) is 0 Å². The van der Waals surface area contributed by atoms with Gasteiger partial charge in [-0.25, -0.2) is 0 Å². The molecule has 3 nitrogen and oxygen atoms in total. The van der Waals surface area contributed by atoms with Crippen LogP contribution in [0, 0.1) is 28.6 Å². The molecule has 0 amide bonds. The van der Waals surface area contributed by atoms with E-state index in [1.165, 1.54) is 6.42 Å². The van der Waals surface area contributed by atoms with Crippen LogP contribution in [-0.2, 0) is 4.74 Å². The van der Waals surface area contributed by atoms with Crippen molar-refractivity contribution in [2.24, 2.45) is 17.3 Å². The number of hydrogen-bond donors (Lipinski definition) is 1. The number of aliphatic hydroxyl groups excluding tert-OH is 1. The van der Waals surface area contributed by atoms with Crippen molar-refractivity contribution in [3.63, 3.8) is 0 Å². The Bertz CT molecular complexity index is 274. The van der Waals surface area contributed by atoms with E-state index in [0.717, 1.165) is 25.7 Å². The standard InChI is InChI=1S/C14H25NO2/c1-4-12-6-5-7-14(8-12,10-15)13(16)11(2)9-17-3/h11-13,16H,4-9H2,1-3H3. The quantitative estimate of drug-likeness (QED) is 0.802. The van der Waals surface area contributed by atoms with Gasteiger partial charge in [-0.05, 0) is 18.8 Å². The van der Waals surface area contributed by atoms with Crippen molar-refractivity contribution in [1.82, 2.24) is 0 Å². The smallest absolute Gasteiger partial charge is 0.0838 e. The summed E-state index contributed by atoms with van der Waals surface area (Å²) in [5.74, 6) is 0.614. The van der Waals surface area contributed by atoms with Gasteiger partial charge < -0.3 is 9.84 Å². The van der Waals surface area contributed by atoms with Crippen molar-refractivity contribution in [3.8, 4) is 6.07 Å². The molecule has 4 unspecified atom stereocenters. The highest BCUT2D eigenvalue weighted by atomic mass is 16.5. The van der Waals surface area contributed by atoms with Crippen LogP contribution in [0.25, 0.3) is 0 Å². The van der Waals surface area contributed by atoms with Gasteiger partial charge in [-0.3, -0.25) is 0 Å². The fourth-order valence-electron chi connectivity index (χ4n) is 3.11. The van der Waals surface area contributed by atoms with Gasteiger partial charge in [-0.2, -0.15) is 5.26 Å². The fourth-order valence-corrected chi connectivity index (χ4v) is 3.11. The van der Waals surface area contributed by atoms with Crippen LogP contribution in [0.2, 0.25) is 0 Å².